The highest BCUT2D eigenvalue weighted by Gasteiger charge is 2.22. The maximum absolute atomic E-state index is 12.7. The van der Waals surface area contributed by atoms with Crippen molar-refractivity contribution in [1.82, 2.24) is 10.2 Å². The quantitative estimate of drug-likeness (QED) is 0.695. The summed E-state index contributed by atoms with van der Waals surface area (Å²) >= 11 is 0. The van der Waals surface area contributed by atoms with Crippen LogP contribution >= 0.6 is 0 Å². The normalized spacial score (nSPS) is 14.9. The number of carbonyl (C=O) groups excluding carboxylic acids is 2. The van der Waals surface area contributed by atoms with E-state index in [4.69, 9.17) is 15.2 Å². The Morgan fingerprint density at radius 3 is 2.53 bits per heavy atom. The number of nitrogens with one attached hydrogen (secondary N) is 1. The first kappa shape index (κ1) is 21.6. The van der Waals surface area contributed by atoms with Crippen LogP contribution in [0.3, 0.4) is 0 Å². The van der Waals surface area contributed by atoms with Crippen LogP contribution in [0.25, 0.3) is 0 Å². The van der Waals surface area contributed by atoms with Gasteiger partial charge in [-0.2, -0.15) is 0 Å². The van der Waals surface area contributed by atoms with Gasteiger partial charge >= 0.3 is 0 Å². The Kier molecular flexibility index (Phi) is 7.30. The monoisotopic (exact) mass is 411 g/mol. The van der Waals surface area contributed by atoms with Crippen molar-refractivity contribution >= 4 is 11.8 Å². The van der Waals surface area contributed by atoms with Gasteiger partial charge in [0.25, 0.3) is 11.8 Å². The topological polar surface area (TPSA) is 93.9 Å². The van der Waals surface area contributed by atoms with Crippen LogP contribution in [-0.2, 0) is 11.3 Å². The average Bonchev–Trinajstić information content (AvgIpc) is 2.75. The molecule has 3 rings (SSSR count). The summed E-state index contributed by atoms with van der Waals surface area (Å²) in [6.45, 7) is 4.73. The molecule has 1 fully saturated rings. The van der Waals surface area contributed by atoms with Gasteiger partial charge in [-0.05, 0) is 49.1 Å². The Bertz CT molecular complexity index is 892. The number of carbonyl (C=O) groups is 2. The summed E-state index contributed by atoms with van der Waals surface area (Å²) in [6, 6.07) is 13.5. The van der Waals surface area contributed by atoms with E-state index in [0.29, 0.717) is 17.1 Å². The van der Waals surface area contributed by atoms with Crippen LogP contribution in [0.5, 0.6) is 11.5 Å². The van der Waals surface area contributed by atoms with Crippen molar-refractivity contribution in [1.29, 1.82) is 0 Å². The number of ether oxygens (including phenoxy) is 2. The number of piperidine rings is 1. The molecule has 1 aliphatic rings. The van der Waals surface area contributed by atoms with E-state index in [-0.39, 0.29) is 18.6 Å². The van der Waals surface area contributed by atoms with Gasteiger partial charge < -0.3 is 20.5 Å². The lowest BCUT2D eigenvalue weighted by Crippen LogP contribution is -2.44. The molecule has 7 heteroatoms. The fourth-order valence-corrected chi connectivity index (χ4v) is 3.61. The van der Waals surface area contributed by atoms with Crippen LogP contribution in [0.2, 0.25) is 0 Å². The van der Waals surface area contributed by atoms with Gasteiger partial charge in [0.2, 0.25) is 0 Å². The summed E-state index contributed by atoms with van der Waals surface area (Å²) in [6.07, 6.45) is 1.82. The second-order valence-corrected chi connectivity index (χ2v) is 7.57. The summed E-state index contributed by atoms with van der Waals surface area (Å²) in [4.78, 5) is 26.0. The van der Waals surface area contributed by atoms with E-state index in [0.717, 1.165) is 32.5 Å². The number of nitrogens with two attached hydrogens (primary N) is 1. The van der Waals surface area contributed by atoms with Gasteiger partial charge in [-0.1, -0.05) is 24.3 Å². The third-order valence-corrected chi connectivity index (χ3v) is 5.37. The third-order valence-electron chi connectivity index (χ3n) is 5.37. The van der Waals surface area contributed by atoms with Gasteiger partial charge in [0.1, 0.15) is 0 Å². The Morgan fingerprint density at radius 2 is 1.87 bits per heavy atom. The van der Waals surface area contributed by atoms with Crippen molar-refractivity contribution in [2.75, 3.05) is 26.8 Å². The lowest BCUT2D eigenvalue weighted by Gasteiger charge is -2.32. The van der Waals surface area contributed by atoms with Gasteiger partial charge in [-0.3, -0.25) is 14.5 Å². The smallest absolute Gasteiger partial charge is 0.255 e. The van der Waals surface area contributed by atoms with Crippen LogP contribution in [0.15, 0.2) is 42.5 Å². The number of nitrogens with zero attached hydrogens (tertiary/aromatic N) is 1. The number of aryl methyl sites for hydroxylation is 1. The number of hydrogen-bond acceptors (Lipinski definition) is 5. The molecule has 0 bridgehead atoms. The maximum Gasteiger partial charge on any atom is 0.255 e. The van der Waals surface area contributed by atoms with E-state index >= 15 is 0 Å². The Labute approximate surface area is 177 Å². The molecule has 1 aliphatic heterocycles. The van der Waals surface area contributed by atoms with Crippen LogP contribution in [0, 0.1) is 6.92 Å². The lowest BCUT2D eigenvalue weighted by atomic mass is 10.0. The van der Waals surface area contributed by atoms with Gasteiger partial charge in [-0.25, -0.2) is 0 Å². The zero-order chi connectivity index (χ0) is 21.5. The molecule has 160 valence electrons. The van der Waals surface area contributed by atoms with Crippen molar-refractivity contribution < 1.29 is 19.1 Å². The molecule has 7 nitrogen and oxygen atoms in total. The molecule has 0 aromatic heterocycles. The molecule has 2 aromatic carbocycles. The number of likely N-dealkylation sites (tertiary alicyclic amines) is 1. The molecule has 1 saturated heterocycles. The molecule has 0 unspecified atom stereocenters. The largest absolute Gasteiger partial charge is 0.493 e. The highest BCUT2D eigenvalue weighted by molar-refractivity contribution is 5.95. The van der Waals surface area contributed by atoms with Crippen molar-refractivity contribution in [3.05, 3.63) is 59.2 Å². The Hall–Kier alpha value is -3.06. The van der Waals surface area contributed by atoms with Crippen molar-refractivity contribution in [3.63, 3.8) is 0 Å². The number of primary amides is 1. The lowest BCUT2D eigenvalue weighted by molar-refractivity contribution is -0.119. The molecule has 1 heterocycles. The number of rotatable bonds is 8. The third kappa shape index (κ3) is 5.73. The summed E-state index contributed by atoms with van der Waals surface area (Å²) in [5.41, 5.74) is 8.25. The van der Waals surface area contributed by atoms with E-state index in [1.165, 1.54) is 18.2 Å². The fraction of sp³-hybridized carbons (Fsp3) is 0.391. The average molecular weight is 412 g/mol. The predicted octanol–water partition coefficient (Wildman–Crippen LogP) is 2.26. The molecule has 0 spiro atoms. The minimum Gasteiger partial charge on any atom is -0.493 e. The zero-order valence-corrected chi connectivity index (χ0v) is 17.5. The van der Waals surface area contributed by atoms with Gasteiger partial charge in [0.05, 0.1) is 7.11 Å². The standard InChI is InChI=1S/C23H29N3O4/c1-16-5-3-4-6-18(16)14-26-11-9-19(10-12-26)25-23(28)17-7-8-20(21(13-17)29-2)30-15-22(24)27/h3-8,13,19H,9-12,14-15H2,1-2H3,(H2,24,27)(H,25,28). The summed E-state index contributed by atoms with van der Waals surface area (Å²) < 4.78 is 10.6. The van der Waals surface area contributed by atoms with Gasteiger partial charge in [0, 0.05) is 31.2 Å². The SMILES string of the molecule is COc1cc(C(=O)NC2CCN(Cc3ccccc3C)CC2)ccc1OCC(N)=O. The summed E-state index contributed by atoms with van der Waals surface area (Å²) in [7, 11) is 1.48. The molecule has 0 atom stereocenters. The first-order valence-corrected chi connectivity index (χ1v) is 10.1. The molecule has 2 amide bonds. The molecule has 30 heavy (non-hydrogen) atoms. The number of hydrogen-bond donors (Lipinski definition) is 2. The minimum atomic E-state index is -0.576. The minimum absolute atomic E-state index is 0.141. The maximum atomic E-state index is 12.7. The molecule has 2 aromatic rings. The first-order chi connectivity index (χ1) is 14.5. The second-order valence-electron chi connectivity index (χ2n) is 7.57. The highest BCUT2D eigenvalue weighted by atomic mass is 16.5. The van der Waals surface area contributed by atoms with Crippen LogP contribution in [-0.4, -0.2) is 49.6 Å². The van der Waals surface area contributed by atoms with Gasteiger partial charge in [0.15, 0.2) is 18.1 Å². The van der Waals surface area contributed by atoms with E-state index in [1.807, 2.05) is 0 Å². The van der Waals surface area contributed by atoms with Crippen LogP contribution in [0.1, 0.15) is 34.3 Å². The predicted molar refractivity (Wildman–Crippen MR) is 115 cm³/mol. The summed E-state index contributed by atoms with van der Waals surface area (Å²) in [5.74, 6) is 0.0362. The van der Waals surface area contributed by atoms with Crippen molar-refractivity contribution in [2.24, 2.45) is 5.73 Å². The fourth-order valence-electron chi connectivity index (χ4n) is 3.61. The Balaban J connectivity index is 1.53. The van der Waals surface area contributed by atoms with Crippen LogP contribution < -0.4 is 20.5 Å². The molecule has 0 radical (unpaired) electrons. The highest BCUT2D eigenvalue weighted by Crippen LogP contribution is 2.28. The molecule has 3 N–H and O–H groups in total. The second kappa shape index (κ2) is 10.1. The van der Waals surface area contributed by atoms with E-state index in [2.05, 4.69) is 41.4 Å². The number of methoxy groups -OCH3 is 1. The zero-order valence-electron chi connectivity index (χ0n) is 17.5. The van der Waals surface area contributed by atoms with E-state index in [9.17, 15) is 9.59 Å². The summed E-state index contributed by atoms with van der Waals surface area (Å²) in [5, 5.41) is 3.12. The van der Waals surface area contributed by atoms with Gasteiger partial charge in [-0.15, -0.1) is 0 Å². The van der Waals surface area contributed by atoms with Crippen LogP contribution in [0.4, 0.5) is 0 Å². The molecule has 0 aliphatic carbocycles. The van der Waals surface area contributed by atoms with E-state index in [1.54, 1.807) is 18.2 Å². The molecular weight excluding hydrogens is 382 g/mol. The molecular formula is C23H29N3O4. The number of amides is 2. The van der Waals surface area contributed by atoms with Crippen molar-refractivity contribution in [3.8, 4) is 11.5 Å². The Morgan fingerprint density at radius 1 is 1.13 bits per heavy atom. The van der Waals surface area contributed by atoms with E-state index < -0.39 is 5.91 Å². The molecule has 0 saturated carbocycles. The van der Waals surface area contributed by atoms with Crippen molar-refractivity contribution in [2.45, 2.75) is 32.4 Å². The number of benzene rings is 2. The first-order valence-electron chi connectivity index (χ1n) is 10.1.